The Kier molecular flexibility index (Phi) is 4.09. The largest absolute Gasteiger partial charge is 0.461 e. The maximum Gasteiger partial charge on any atom is 0.392 e. The number of carbonyl (C=O) groups is 1. The zero-order valence-corrected chi connectivity index (χ0v) is 6.71. The average molecular weight is 203 g/mol. The number of ether oxygens (including phenoxy) is 1. The molecule has 0 amide bonds. The lowest BCUT2D eigenvalue weighted by atomic mass is 10.4. The lowest BCUT2D eigenvalue weighted by Gasteiger charge is -2.05. The summed E-state index contributed by atoms with van der Waals surface area (Å²) in [6, 6.07) is 0. The molecule has 0 aromatic rings. The van der Waals surface area contributed by atoms with Crippen molar-refractivity contribution in [1.82, 2.24) is 0 Å². The van der Waals surface area contributed by atoms with Crippen LogP contribution < -0.4 is 0 Å². The van der Waals surface area contributed by atoms with Crippen LogP contribution in [0.5, 0.6) is 0 Å². The van der Waals surface area contributed by atoms with E-state index in [0.29, 0.717) is 0 Å². The van der Waals surface area contributed by atoms with Gasteiger partial charge >= 0.3 is 12.1 Å². The monoisotopic (exact) mass is 202 g/mol. The van der Waals surface area contributed by atoms with Gasteiger partial charge in [0.1, 0.15) is 11.6 Å². The maximum absolute atomic E-state index is 11.5. The molecule has 0 aromatic carbocycles. The van der Waals surface area contributed by atoms with Crippen LogP contribution in [0.2, 0.25) is 0 Å². The summed E-state index contributed by atoms with van der Waals surface area (Å²) >= 11 is 5.03. The third kappa shape index (κ3) is 6.03. The highest BCUT2D eigenvalue weighted by molar-refractivity contribution is 6.40. The Hall–Kier alpha value is -0.710. The second-order valence-electron chi connectivity index (χ2n) is 1.91. The third-order valence-electron chi connectivity index (χ3n) is 0.840. The zero-order valence-electron chi connectivity index (χ0n) is 5.95. The van der Waals surface area contributed by atoms with E-state index >= 15 is 0 Å². The van der Waals surface area contributed by atoms with Crippen LogP contribution in [-0.2, 0) is 9.53 Å². The Morgan fingerprint density at radius 3 is 2.33 bits per heavy atom. The van der Waals surface area contributed by atoms with Gasteiger partial charge in [0.15, 0.2) is 0 Å². The van der Waals surface area contributed by atoms with Crippen molar-refractivity contribution in [2.75, 3.05) is 6.61 Å². The van der Waals surface area contributed by atoms with Crippen LogP contribution >= 0.6 is 11.6 Å². The minimum Gasteiger partial charge on any atom is -0.461 e. The van der Waals surface area contributed by atoms with Crippen LogP contribution in [0.1, 0.15) is 6.42 Å². The van der Waals surface area contributed by atoms with E-state index in [1.165, 1.54) is 0 Å². The molecule has 0 aliphatic heterocycles. The molecule has 0 heterocycles. The summed E-state index contributed by atoms with van der Waals surface area (Å²) in [7, 11) is 0. The van der Waals surface area contributed by atoms with Crippen LogP contribution in [-0.4, -0.2) is 18.8 Å². The Balaban J connectivity index is 3.58. The van der Waals surface area contributed by atoms with Gasteiger partial charge < -0.3 is 4.74 Å². The predicted molar refractivity (Wildman–Crippen MR) is 36.6 cm³/mol. The molecule has 0 saturated carbocycles. The van der Waals surface area contributed by atoms with Crippen molar-refractivity contribution in [1.29, 1.82) is 0 Å². The second kappa shape index (κ2) is 4.35. The first kappa shape index (κ1) is 11.3. The lowest BCUT2D eigenvalue weighted by Crippen LogP contribution is -2.14. The first-order valence-corrected chi connectivity index (χ1v) is 3.29. The summed E-state index contributed by atoms with van der Waals surface area (Å²) in [4.78, 5) is 10.4. The van der Waals surface area contributed by atoms with Gasteiger partial charge in [0.25, 0.3) is 0 Å². The van der Waals surface area contributed by atoms with E-state index in [1.807, 2.05) is 0 Å². The Labute approximate surface area is 71.9 Å². The summed E-state index contributed by atoms with van der Waals surface area (Å²) in [5, 5.41) is -0.433. The first-order valence-electron chi connectivity index (χ1n) is 2.91. The molecule has 0 atom stereocenters. The van der Waals surface area contributed by atoms with Gasteiger partial charge in [0, 0.05) is 0 Å². The van der Waals surface area contributed by atoms with Crippen LogP contribution in [0.3, 0.4) is 0 Å². The topological polar surface area (TPSA) is 26.3 Å². The smallest absolute Gasteiger partial charge is 0.392 e. The minimum atomic E-state index is -4.33. The Bertz CT molecular complexity index is 188. The van der Waals surface area contributed by atoms with Crippen molar-refractivity contribution in [3.63, 3.8) is 0 Å². The number of esters is 1. The zero-order chi connectivity index (χ0) is 9.78. The highest BCUT2D eigenvalue weighted by Gasteiger charge is 2.27. The Morgan fingerprint density at radius 1 is 1.50 bits per heavy atom. The van der Waals surface area contributed by atoms with Crippen molar-refractivity contribution >= 4 is 17.6 Å². The molecule has 0 aliphatic rings. The SMILES string of the molecule is C=C(Cl)C(=O)OCCC(F)(F)F. The molecular weight excluding hydrogens is 197 g/mol. The van der Waals surface area contributed by atoms with Gasteiger partial charge in [-0.05, 0) is 0 Å². The molecule has 0 radical (unpaired) electrons. The van der Waals surface area contributed by atoms with E-state index in [0.717, 1.165) is 0 Å². The molecule has 12 heavy (non-hydrogen) atoms. The lowest BCUT2D eigenvalue weighted by molar-refractivity contribution is -0.155. The molecule has 0 aliphatic carbocycles. The van der Waals surface area contributed by atoms with E-state index < -0.39 is 30.2 Å². The second-order valence-corrected chi connectivity index (χ2v) is 2.36. The fourth-order valence-electron chi connectivity index (χ4n) is 0.338. The van der Waals surface area contributed by atoms with Crippen molar-refractivity contribution in [3.05, 3.63) is 11.6 Å². The summed E-state index contributed by atoms with van der Waals surface area (Å²) in [5.74, 6) is -1.03. The molecule has 0 saturated heterocycles. The fraction of sp³-hybridized carbons (Fsp3) is 0.500. The van der Waals surface area contributed by atoms with Crippen molar-refractivity contribution in [2.45, 2.75) is 12.6 Å². The van der Waals surface area contributed by atoms with Crippen LogP contribution in [0.15, 0.2) is 11.6 Å². The summed E-state index contributed by atoms with van der Waals surface area (Å²) < 4.78 is 38.5. The van der Waals surface area contributed by atoms with Crippen molar-refractivity contribution < 1.29 is 22.7 Å². The van der Waals surface area contributed by atoms with Crippen LogP contribution in [0.4, 0.5) is 13.2 Å². The van der Waals surface area contributed by atoms with Gasteiger partial charge in [-0.1, -0.05) is 18.2 Å². The van der Waals surface area contributed by atoms with E-state index in [1.54, 1.807) is 0 Å². The minimum absolute atomic E-state index is 0.433. The molecule has 0 unspecified atom stereocenters. The number of halogens is 4. The van der Waals surface area contributed by atoms with Crippen LogP contribution in [0, 0.1) is 0 Å². The molecule has 2 nitrogen and oxygen atoms in total. The molecule has 0 fully saturated rings. The fourth-order valence-corrected chi connectivity index (χ4v) is 0.392. The number of hydrogen-bond acceptors (Lipinski definition) is 2. The van der Waals surface area contributed by atoms with Gasteiger partial charge in [-0.2, -0.15) is 13.2 Å². The predicted octanol–water partition coefficient (Wildman–Crippen LogP) is 2.23. The average Bonchev–Trinajstić information content (AvgIpc) is 1.84. The highest BCUT2D eigenvalue weighted by Crippen LogP contribution is 2.19. The standard InChI is InChI=1S/C6H6ClF3O2/c1-4(7)5(11)12-3-2-6(8,9)10/h1-3H2. The molecule has 70 valence electrons. The highest BCUT2D eigenvalue weighted by atomic mass is 35.5. The van der Waals surface area contributed by atoms with Gasteiger partial charge in [-0.15, -0.1) is 0 Å². The van der Waals surface area contributed by atoms with E-state index in [4.69, 9.17) is 11.6 Å². The van der Waals surface area contributed by atoms with Crippen molar-refractivity contribution in [3.8, 4) is 0 Å². The molecule has 6 heteroatoms. The summed E-state index contributed by atoms with van der Waals surface area (Å²) in [6.07, 6.45) is -5.50. The van der Waals surface area contributed by atoms with Gasteiger partial charge in [0.2, 0.25) is 0 Å². The van der Waals surface area contributed by atoms with Crippen LogP contribution in [0.25, 0.3) is 0 Å². The molecular formula is C6H6ClF3O2. The Morgan fingerprint density at radius 2 is 2.00 bits per heavy atom. The number of carbonyl (C=O) groups excluding carboxylic acids is 1. The molecule has 0 N–H and O–H groups in total. The number of hydrogen-bond donors (Lipinski definition) is 0. The van der Waals surface area contributed by atoms with Crippen molar-refractivity contribution in [2.24, 2.45) is 0 Å². The third-order valence-corrected chi connectivity index (χ3v) is 0.994. The molecule has 0 bridgehead atoms. The quantitative estimate of drug-likeness (QED) is 0.518. The maximum atomic E-state index is 11.5. The normalized spacial score (nSPS) is 11.0. The van der Waals surface area contributed by atoms with Gasteiger partial charge in [-0.25, -0.2) is 4.79 Å². The molecule has 0 spiro atoms. The van der Waals surface area contributed by atoms with E-state index in [-0.39, 0.29) is 0 Å². The number of alkyl halides is 3. The van der Waals surface area contributed by atoms with E-state index in [9.17, 15) is 18.0 Å². The summed E-state index contributed by atoms with van der Waals surface area (Å²) in [5.41, 5.74) is 0. The van der Waals surface area contributed by atoms with Gasteiger partial charge in [-0.3, -0.25) is 0 Å². The van der Waals surface area contributed by atoms with E-state index in [2.05, 4.69) is 11.3 Å². The number of rotatable bonds is 3. The molecule has 0 aromatic heterocycles. The first-order chi connectivity index (χ1) is 5.33. The molecule has 0 rings (SSSR count). The summed E-state index contributed by atoms with van der Waals surface area (Å²) in [6.45, 7) is 2.25. The van der Waals surface area contributed by atoms with Gasteiger partial charge in [0.05, 0.1) is 6.42 Å².